The van der Waals surface area contributed by atoms with Crippen molar-refractivity contribution >= 4 is 22.4 Å². The van der Waals surface area contributed by atoms with Crippen LogP contribution in [-0.4, -0.2) is 44.9 Å². The zero-order chi connectivity index (χ0) is 21.6. The van der Waals surface area contributed by atoms with Crippen LogP contribution in [0.4, 0.5) is 0 Å². The lowest BCUT2D eigenvalue weighted by molar-refractivity contribution is -0.0936. The molecule has 2 aromatic heterocycles. The molecule has 8 heteroatoms. The third kappa shape index (κ3) is 3.81. The number of nitrogens with zero attached hydrogens (tertiary/aromatic N) is 3. The number of aromatic amines is 2. The van der Waals surface area contributed by atoms with Gasteiger partial charge in [-0.05, 0) is 74.1 Å². The molecule has 1 saturated heterocycles. The van der Waals surface area contributed by atoms with Crippen LogP contribution in [-0.2, 0) is 12.8 Å². The molecule has 31 heavy (non-hydrogen) atoms. The number of rotatable bonds is 6. The van der Waals surface area contributed by atoms with Gasteiger partial charge >= 0.3 is 0 Å². The van der Waals surface area contributed by atoms with Crippen molar-refractivity contribution in [1.82, 2.24) is 25.3 Å². The van der Waals surface area contributed by atoms with E-state index in [4.69, 9.17) is 11.6 Å². The number of hydrogen-bond donors (Lipinski definition) is 2. The predicted molar refractivity (Wildman–Crippen MR) is 121 cm³/mol. The van der Waals surface area contributed by atoms with E-state index in [9.17, 15) is 9.59 Å². The second kappa shape index (κ2) is 7.88. The van der Waals surface area contributed by atoms with Crippen molar-refractivity contribution in [3.8, 4) is 0 Å². The van der Waals surface area contributed by atoms with Gasteiger partial charge in [0.05, 0.1) is 22.8 Å². The van der Waals surface area contributed by atoms with Crippen LogP contribution in [0.2, 0.25) is 5.02 Å². The van der Waals surface area contributed by atoms with Crippen LogP contribution >= 0.6 is 11.6 Å². The minimum atomic E-state index is -0.227. The first-order chi connectivity index (χ1) is 14.9. The Balaban J connectivity index is 1.12. The summed E-state index contributed by atoms with van der Waals surface area (Å²) in [5.41, 5.74) is 3.15. The predicted octanol–water partition coefficient (Wildman–Crippen LogP) is 2.86. The highest BCUT2D eigenvalue weighted by atomic mass is 35.5. The van der Waals surface area contributed by atoms with Gasteiger partial charge in [0.15, 0.2) is 0 Å². The lowest BCUT2D eigenvalue weighted by Crippen LogP contribution is -2.62. The van der Waals surface area contributed by atoms with Crippen molar-refractivity contribution in [2.75, 3.05) is 19.6 Å². The summed E-state index contributed by atoms with van der Waals surface area (Å²) >= 11 is 6.23. The Morgan fingerprint density at radius 1 is 1.10 bits per heavy atom. The average Bonchev–Trinajstić information content (AvgIpc) is 2.69. The molecule has 0 unspecified atom stereocenters. The Morgan fingerprint density at radius 3 is 2.65 bits per heavy atom. The molecule has 1 aliphatic heterocycles. The Kier molecular flexibility index (Phi) is 5.18. The van der Waals surface area contributed by atoms with Gasteiger partial charge < -0.3 is 4.90 Å². The topological polar surface area (TPSA) is 94.7 Å². The van der Waals surface area contributed by atoms with Crippen LogP contribution in [0, 0.1) is 18.3 Å². The molecule has 162 valence electrons. The van der Waals surface area contributed by atoms with Crippen LogP contribution in [0.1, 0.15) is 36.0 Å². The van der Waals surface area contributed by atoms with Gasteiger partial charge in [0.2, 0.25) is 0 Å². The van der Waals surface area contributed by atoms with Gasteiger partial charge in [0, 0.05) is 24.0 Å². The summed E-state index contributed by atoms with van der Waals surface area (Å²) in [6, 6.07) is 3.86. The van der Waals surface area contributed by atoms with E-state index in [-0.39, 0.29) is 11.1 Å². The standard InChI is InChI=1S/C23H26ClN5O2/c1-14-17(10-25-27-21(14)30)3-2-6-29-12-23(13-29)8-15(9-23)7-16-4-5-19(24)20-18(16)11-26-28-22(20)31/h4-5,10-11,15H,2-3,6-9,12-13H2,1H3,(H,27,30)(H,28,31). The quantitative estimate of drug-likeness (QED) is 0.615. The SMILES string of the molecule is Cc1c(CCCN2CC3(CC(Cc4ccc(Cl)c5c(=O)[nH]ncc45)C3)C2)cn[nH]c1=O. The van der Waals surface area contributed by atoms with Crippen LogP contribution in [0.5, 0.6) is 0 Å². The summed E-state index contributed by atoms with van der Waals surface area (Å²) in [4.78, 5) is 26.3. The van der Waals surface area contributed by atoms with Crippen molar-refractivity contribution < 1.29 is 0 Å². The second-order valence-electron chi connectivity index (χ2n) is 9.34. The van der Waals surface area contributed by atoms with E-state index in [2.05, 4.69) is 25.3 Å². The molecule has 0 amide bonds. The molecule has 1 saturated carbocycles. The molecule has 5 rings (SSSR count). The molecule has 3 aromatic rings. The molecule has 0 atom stereocenters. The van der Waals surface area contributed by atoms with E-state index < -0.39 is 0 Å². The normalized spacial score (nSPS) is 18.3. The molecule has 3 heterocycles. The number of fused-ring (bicyclic) bond motifs is 1. The number of aryl methyl sites for hydroxylation is 1. The first-order valence-electron chi connectivity index (χ1n) is 10.8. The fourth-order valence-corrected chi connectivity index (χ4v) is 5.83. The van der Waals surface area contributed by atoms with E-state index in [0.717, 1.165) is 47.9 Å². The Labute approximate surface area is 184 Å². The van der Waals surface area contributed by atoms with Crippen molar-refractivity contribution in [2.45, 2.75) is 39.0 Å². The summed E-state index contributed by atoms with van der Waals surface area (Å²) in [5.74, 6) is 0.649. The highest BCUT2D eigenvalue weighted by molar-refractivity contribution is 6.35. The van der Waals surface area contributed by atoms with Crippen molar-refractivity contribution in [2.24, 2.45) is 11.3 Å². The smallest absolute Gasteiger partial charge is 0.273 e. The highest BCUT2D eigenvalue weighted by Crippen LogP contribution is 2.53. The zero-order valence-electron chi connectivity index (χ0n) is 17.6. The van der Waals surface area contributed by atoms with Gasteiger partial charge in [-0.3, -0.25) is 9.59 Å². The Bertz CT molecular complexity index is 1240. The third-order valence-electron chi connectivity index (χ3n) is 7.07. The maximum absolute atomic E-state index is 12.1. The summed E-state index contributed by atoms with van der Waals surface area (Å²) in [7, 11) is 0. The van der Waals surface area contributed by atoms with E-state index in [0.29, 0.717) is 21.7 Å². The van der Waals surface area contributed by atoms with E-state index in [1.165, 1.54) is 25.9 Å². The second-order valence-corrected chi connectivity index (χ2v) is 9.74. The number of benzene rings is 1. The molecular formula is C23H26ClN5O2. The largest absolute Gasteiger partial charge is 0.302 e. The van der Waals surface area contributed by atoms with Crippen LogP contribution < -0.4 is 11.1 Å². The number of aromatic nitrogens is 4. The van der Waals surface area contributed by atoms with Gasteiger partial charge in [-0.2, -0.15) is 10.2 Å². The van der Waals surface area contributed by atoms with Crippen molar-refractivity contribution in [3.63, 3.8) is 0 Å². The molecule has 2 aliphatic rings. The molecule has 1 spiro atoms. The molecule has 2 fully saturated rings. The monoisotopic (exact) mass is 439 g/mol. The number of likely N-dealkylation sites (tertiary alicyclic amines) is 1. The van der Waals surface area contributed by atoms with E-state index in [1.807, 2.05) is 19.1 Å². The molecule has 7 nitrogen and oxygen atoms in total. The zero-order valence-corrected chi connectivity index (χ0v) is 18.3. The van der Waals surface area contributed by atoms with E-state index in [1.54, 1.807) is 12.4 Å². The molecule has 2 N–H and O–H groups in total. The summed E-state index contributed by atoms with van der Waals surface area (Å²) in [6.07, 6.45) is 8.87. The highest BCUT2D eigenvalue weighted by Gasteiger charge is 2.51. The summed E-state index contributed by atoms with van der Waals surface area (Å²) in [6.45, 7) is 5.26. The number of H-pyrrole nitrogens is 2. The Morgan fingerprint density at radius 2 is 1.84 bits per heavy atom. The molecule has 1 aliphatic carbocycles. The third-order valence-corrected chi connectivity index (χ3v) is 7.39. The van der Waals surface area contributed by atoms with Gasteiger partial charge in [-0.15, -0.1) is 0 Å². The van der Waals surface area contributed by atoms with Gasteiger partial charge in [0.25, 0.3) is 11.1 Å². The summed E-state index contributed by atoms with van der Waals surface area (Å²) in [5, 5.41) is 14.7. The van der Waals surface area contributed by atoms with Crippen LogP contribution in [0.25, 0.3) is 10.8 Å². The fraction of sp³-hybridized carbons (Fsp3) is 0.478. The first-order valence-corrected chi connectivity index (χ1v) is 11.2. The maximum atomic E-state index is 12.1. The molecular weight excluding hydrogens is 414 g/mol. The van der Waals surface area contributed by atoms with Gasteiger partial charge in [0.1, 0.15) is 0 Å². The number of nitrogens with one attached hydrogen (secondary N) is 2. The van der Waals surface area contributed by atoms with Gasteiger partial charge in [-0.25, -0.2) is 10.2 Å². The lowest BCUT2D eigenvalue weighted by atomic mass is 9.56. The van der Waals surface area contributed by atoms with Crippen LogP contribution in [0.15, 0.2) is 34.1 Å². The maximum Gasteiger partial charge on any atom is 0.273 e. The minimum absolute atomic E-state index is 0.0882. The van der Waals surface area contributed by atoms with Crippen molar-refractivity contribution in [3.05, 3.63) is 66.9 Å². The van der Waals surface area contributed by atoms with Gasteiger partial charge in [-0.1, -0.05) is 17.7 Å². The number of hydrogen-bond acceptors (Lipinski definition) is 5. The van der Waals surface area contributed by atoms with E-state index >= 15 is 0 Å². The first kappa shape index (κ1) is 20.4. The minimum Gasteiger partial charge on any atom is -0.302 e. The fourth-order valence-electron chi connectivity index (χ4n) is 5.58. The van der Waals surface area contributed by atoms with Crippen molar-refractivity contribution in [1.29, 1.82) is 0 Å². The number of halogens is 1. The molecule has 1 aromatic carbocycles. The summed E-state index contributed by atoms with van der Waals surface area (Å²) < 4.78 is 0. The molecule has 0 radical (unpaired) electrons. The molecule has 0 bridgehead atoms. The lowest BCUT2D eigenvalue weighted by Gasteiger charge is -2.59. The van der Waals surface area contributed by atoms with Crippen LogP contribution in [0.3, 0.4) is 0 Å². The Hall–Kier alpha value is -2.51. The average molecular weight is 440 g/mol.